The molecule has 22 heavy (non-hydrogen) atoms. The fraction of sp³-hybridized carbons (Fsp3) is 0.538. The van der Waals surface area contributed by atoms with Gasteiger partial charge >= 0.3 is 7.12 Å². The van der Waals surface area contributed by atoms with E-state index >= 15 is 0 Å². The maximum absolute atomic E-state index is 8.62. The van der Waals surface area contributed by atoms with E-state index in [1.54, 1.807) is 12.1 Å². The van der Waals surface area contributed by atoms with Crippen molar-refractivity contribution in [2.45, 2.75) is 45.4 Å². The molecule has 1 aromatic carbocycles. The minimum Gasteiger partial charge on any atom is -0.399 e. The van der Waals surface area contributed by atoms with Gasteiger partial charge in [-0.2, -0.15) is 0 Å². The lowest BCUT2D eigenvalue weighted by atomic mass is 9.78. The van der Waals surface area contributed by atoms with Crippen LogP contribution in [-0.4, -0.2) is 18.3 Å². The summed E-state index contributed by atoms with van der Waals surface area (Å²) in [7, 11) is -0.566. The fourth-order valence-corrected chi connectivity index (χ4v) is 2.13. The van der Waals surface area contributed by atoms with Gasteiger partial charge in [0.1, 0.15) is 0 Å². The van der Waals surface area contributed by atoms with Crippen LogP contribution >= 0.6 is 0 Å². The molecule has 0 atom stereocenters. The first-order chi connectivity index (χ1) is 10.3. The molecule has 0 bridgehead atoms. The van der Waals surface area contributed by atoms with Gasteiger partial charge in [-0.05, 0) is 55.8 Å². The molecule has 2 rings (SSSR count). The van der Waals surface area contributed by atoms with E-state index in [2.05, 4.69) is 20.1 Å². The van der Waals surface area contributed by atoms with Crippen molar-refractivity contribution in [3.05, 3.63) is 44.6 Å². The molecule has 0 saturated carbocycles. The highest BCUT2D eigenvalue weighted by atomic mass is 16.7. The molecule has 0 N–H and O–H groups in total. The molecule has 9 heteroatoms. The van der Waals surface area contributed by atoms with Gasteiger partial charge in [0, 0.05) is 15.5 Å². The molecule has 1 aliphatic heterocycles. The van der Waals surface area contributed by atoms with Gasteiger partial charge in [0.05, 0.1) is 17.7 Å². The molecule has 114 valence electrons. The number of hydrogen-bond donors (Lipinski definition) is 0. The summed E-state index contributed by atoms with van der Waals surface area (Å²) in [6.07, 6.45) is 0. The second-order valence-electron chi connectivity index (χ2n) is 6.10. The summed E-state index contributed by atoms with van der Waals surface area (Å²) >= 11 is 0. The largest absolute Gasteiger partial charge is 0.494 e. The van der Waals surface area contributed by atoms with Crippen LogP contribution in [0.3, 0.4) is 0 Å². The van der Waals surface area contributed by atoms with Crippen LogP contribution in [0.4, 0.5) is 5.69 Å². The lowest BCUT2D eigenvalue weighted by molar-refractivity contribution is 0.00578. The predicted molar refractivity (Wildman–Crippen MR) is 83.8 cm³/mol. The lowest BCUT2D eigenvalue weighted by Crippen LogP contribution is -2.41. The lowest BCUT2D eigenvalue weighted by Gasteiger charge is -2.32. The Kier molecular flexibility index (Phi) is 4.35. The van der Waals surface area contributed by atoms with E-state index in [-0.39, 0.29) is 6.54 Å². The van der Waals surface area contributed by atoms with Crippen LogP contribution in [0.15, 0.2) is 28.4 Å². The summed E-state index contributed by atoms with van der Waals surface area (Å²) < 4.78 is 12.0. The Bertz CT molecular complexity index is 661. The Morgan fingerprint density at radius 3 is 2.23 bits per heavy atom. The third kappa shape index (κ3) is 3.18. The molecule has 0 aliphatic carbocycles. The molecule has 1 fully saturated rings. The molecule has 0 amide bonds. The molecule has 8 nitrogen and oxygen atoms in total. The second kappa shape index (κ2) is 5.91. The van der Waals surface area contributed by atoms with Crippen LogP contribution in [0.5, 0.6) is 0 Å². The fourth-order valence-electron chi connectivity index (χ4n) is 2.13. The van der Waals surface area contributed by atoms with Crippen LogP contribution in [0.1, 0.15) is 33.3 Å². The second-order valence-corrected chi connectivity index (χ2v) is 6.10. The summed E-state index contributed by atoms with van der Waals surface area (Å²) in [5, 5.41) is 7.15. The minimum atomic E-state index is -0.566. The highest BCUT2D eigenvalue weighted by Crippen LogP contribution is 2.36. The van der Waals surface area contributed by atoms with Gasteiger partial charge < -0.3 is 9.31 Å². The SMILES string of the molecule is CC1(C)OB(c2cc(CN=[N+]=[N-])cc(N=[N+]=[N-])c2)OC1(C)C. The molecule has 0 unspecified atom stereocenters. The smallest absolute Gasteiger partial charge is 0.399 e. The Morgan fingerprint density at radius 2 is 1.68 bits per heavy atom. The van der Waals surface area contributed by atoms with E-state index in [0.717, 1.165) is 11.0 Å². The van der Waals surface area contributed by atoms with Crippen molar-refractivity contribution >= 4 is 18.3 Å². The monoisotopic (exact) mass is 300 g/mol. The van der Waals surface area contributed by atoms with Crippen molar-refractivity contribution in [2.75, 3.05) is 0 Å². The van der Waals surface area contributed by atoms with Gasteiger partial charge in [-0.3, -0.25) is 0 Å². The third-order valence-corrected chi connectivity index (χ3v) is 4.00. The highest BCUT2D eigenvalue weighted by Gasteiger charge is 2.51. The Hall–Kier alpha value is -2.18. The first-order valence-corrected chi connectivity index (χ1v) is 6.84. The first kappa shape index (κ1) is 16.2. The van der Waals surface area contributed by atoms with E-state index in [9.17, 15) is 0 Å². The van der Waals surface area contributed by atoms with Gasteiger partial charge in [0.25, 0.3) is 0 Å². The van der Waals surface area contributed by atoms with Crippen molar-refractivity contribution in [2.24, 2.45) is 10.2 Å². The maximum atomic E-state index is 8.62. The van der Waals surface area contributed by atoms with Crippen LogP contribution < -0.4 is 5.46 Å². The number of benzene rings is 1. The predicted octanol–water partition coefficient (Wildman–Crippen LogP) is 3.74. The minimum absolute atomic E-state index is 0.164. The quantitative estimate of drug-likeness (QED) is 0.364. The van der Waals surface area contributed by atoms with Crippen molar-refractivity contribution in [3.63, 3.8) is 0 Å². The molecule has 0 radical (unpaired) electrons. The summed E-state index contributed by atoms with van der Waals surface area (Å²) in [6.45, 7) is 8.02. The first-order valence-electron chi connectivity index (χ1n) is 6.84. The zero-order valence-corrected chi connectivity index (χ0v) is 13.0. The Balaban J connectivity index is 2.40. The number of nitrogens with zero attached hydrogens (tertiary/aromatic N) is 6. The zero-order valence-electron chi connectivity index (χ0n) is 13.0. The van der Waals surface area contributed by atoms with E-state index in [4.69, 9.17) is 20.4 Å². The average Bonchev–Trinajstić information content (AvgIpc) is 2.65. The maximum Gasteiger partial charge on any atom is 0.494 e. The standard InChI is InChI=1S/C13H17BN6O2/c1-12(2)13(3,4)22-14(21-12)10-5-9(8-17-19-15)6-11(7-10)18-20-16/h5-7H,8H2,1-4H3. The number of rotatable bonds is 4. The van der Waals surface area contributed by atoms with Crippen LogP contribution in [0.2, 0.25) is 0 Å². The molecule has 0 aromatic heterocycles. The summed E-state index contributed by atoms with van der Waals surface area (Å²) in [5.41, 5.74) is 18.0. The number of hydrogen-bond acceptors (Lipinski definition) is 4. The summed E-state index contributed by atoms with van der Waals surface area (Å²) in [5.74, 6) is 0. The van der Waals surface area contributed by atoms with E-state index in [0.29, 0.717) is 5.69 Å². The van der Waals surface area contributed by atoms with Gasteiger partial charge in [-0.15, -0.1) is 0 Å². The highest BCUT2D eigenvalue weighted by molar-refractivity contribution is 6.62. The van der Waals surface area contributed by atoms with E-state index < -0.39 is 18.3 Å². The van der Waals surface area contributed by atoms with Crippen molar-refractivity contribution in [1.82, 2.24) is 0 Å². The summed E-state index contributed by atoms with van der Waals surface area (Å²) in [4.78, 5) is 5.53. The van der Waals surface area contributed by atoms with Crippen LogP contribution in [-0.2, 0) is 15.9 Å². The Labute approximate surface area is 128 Å². The molecule has 1 saturated heterocycles. The van der Waals surface area contributed by atoms with Gasteiger partial charge in [0.15, 0.2) is 0 Å². The van der Waals surface area contributed by atoms with Crippen LogP contribution in [0, 0.1) is 0 Å². The number of azide groups is 2. The van der Waals surface area contributed by atoms with Gasteiger partial charge in [-0.1, -0.05) is 22.4 Å². The third-order valence-electron chi connectivity index (χ3n) is 4.00. The molecule has 1 aromatic rings. The van der Waals surface area contributed by atoms with Gasteiger partial charge in [0.2, 0.25) is 0 Å². The molecular formula is C13H17BN6O2. The van der Waals surface area contributed by atoms with Gasteiger partial charge in [-0.25, -0.2) is 0 Å². The summed E-state index contributed by atoms with van der Waals surface area (Å²) in [6, 6.07) is 5.21. The van der Waals surface area contributed by atoms with Crippen molar-refractivity contribution < 1.29 is 9.31 Å². The average molecular weight is 300 g/mol. The Morgan fingerprint density at radius 1 is 1.05 bits per heavy atom. The molecular weight excluding hydrogens is 283 g/mol. The topological polar surface area (TPSA) is 116 Å². The van der Waals surface area contributed by atoms with Crippen molar-refractivity contribution in [3.8, 4) is 0 Å². The van der Waals surface area contributed by atoms with E-state index in [1.165, 1.54) is 0 Å². The van der Waals surface area contributed by atoms with E-state index in [1.807, 2.05) is 33.8 Å². The van der Waals surface area contributed by atoms with Crippen LogP contribution in [0.25, 0.3) is 20.9 Å². The zero-order chi connectivity index (χ0) is 16.4. The normalized spacial score (nSPS) is 18.5. The molecule has 0 spiro atoms. The molecule has 1 heterocycles. The van der Waals surface area contributed by atoms with Crippen molar-refractivity contribution in [1.29, 1.82) is 0 Å². The molecule has 1 aliphatic rings.